The molecule has 0 amide bonds. The van der Waals surface area contributed by atoms with Crippen LogP contribution in [0.2, 0.25) is 0 Å². The summed E-state index contributed by atoms with van der Waals surface area (Å²) in [6.07, 6.45) is 0. The number of aromatic nitrogens is 1. The summed E-state index contributed by atoms with van der Waals surface area (Å²) in [6, 6.07) is 4.42. The van der Waals surface area contributed by atoms with Crippen molar-refractivity contribution in [1.29, 1.82) is 0 Å². The molecular weight excluding hydrogens is 266 g/mol. The summed E-state index contributed by atoms with van der Waals surface area (Å²) >= 11 is 2.06. The summed E-state index contributed by atoms with van der Waals surface area (Å²) in [4.78, 5) is 7.22. The van der Waals surface area contributed by atoms with Crippen LogP contribution in [0, 0.1) is 12.8 Å². The van der Waals surface area contributed by atoms with Gasteiger partial charge in [-0.1, -0.05) is 26.8 Å². The van der Waals surface area contributed by atoms with Crippen molar-refractivity contribution in [2.75, 3.05) is 30.3 Å². The van der Waals surface area contributed by atoms with Crippen molar-refractivity contribution in [1.82, 2.24) is 10.3 Å². The molecule has 1 atom stereocenters. The van der Waals surface area contributed by atoms with E-state index in [1.165, 1.54) is 11.3 Å². The van der Waals surface area contributed by atoms with E-state index in [9.17, 15) is 0 Å². The number of hydrogen-bond donors (Lipinski definition) is 1. The second kappa shape index (κ2) is 7.32. The first-order chi connectivity index (χ1) is 9.56. The molecule has 1 aliphatic rings. The zero-order valence-corrected chi connectivity index (χ0v) is 14.0. The van der Waals surface area contributed by atoms with Crippen LogP contribution in [-0.4, -0.2) is 35.6 Å². The molecule has 0 saturated carbocycles. The Kier molecular flexibility index (Phi) is 5.73. The minimum Gasteiger partial charge on any atom is -0.355 e. The smallest absolute Gasteiger partial charge is 0.128 e. The van der Waals surface area contributed by atoms with E-state index in [2.05, 4.69) is 61.8 Å². The van der Waals surface area contributed by atoms with E-state index in [1.807, 2.05) is 0 Å². The van der Waals surface area contributed by atoms with E-state index in [4.69, 9.17) is 4.98 Å². The van der Waals surface area contributed by atoms with Gasteiger partial charge in [-0.2, -0.15) is 11.8 Å². The Morgan fingerprint density at radius 3 is 2.90 bits per heavy atom. The van der Waals surface area contributed by atoms with Crippen LogP contribution in [0.3, 0.4) is 0 Å². The SMILES string of the molecule is Cc1nc(N2CCSC(C)C2)ccc1CNCC(C)C. The van der Waals surface area contributed by atoms with Gasteiger partial charge in [-0.15, -0.1) is 0 Å². The Hall–Kier alpha value is -0.740. The third-order valence-electron chi connectivity index (χ3n) is 3.61. The molecule has 0 spiro atoms. The molecule has 2 heterocycles. The second-order valence-corrected chi connectivity index (χ2v) is 7.61. The van der Waals surface area contributed by atoms with Gasteiger partial charge in [0.25, 0.3) is 0 Å². The average molecular weight is 293 g/mol. The highest BCUT2D eigenvalue weighted by Gasteiger charge is 2.18. The maximum absolute atomic E-state index is 4.81. The van der Waals surface area contributed by atoms with Gasteiger partial charge in [0.2, 0.25) is 0 Å². The van der Waals surface area contributed by atoms with Crippen molar-refractivity contribution in [2.45, 2.75) is 39.5 Å². The number of anilines is 1. The fourth-order valence-electron chi connectivity index (χ4n) is 2.46. The molecule has 112 valence electrons. The van der Waals surface area contributed by atoms with Crippen LogP contribution in [0.25, 0.3) is 0 Å². The van der Waals surface area contributed by atoms with Crippen LogP contribution in [0.4, 0.5) is 5.82 Å². The Bertz CT molecular complexity index is 434. The van der Waals surface area contributed by atoms with Gasteiger partial charge >= 0.3 is 0 Å². The number of rotatable bonds is 5. The minimum atomic E-state index is 0.690. The third-order valence-corrected chi connectivity index (χ3v) is 4.75. The number of pyridine rings is 1. The van der Waals surface area contributed by atoms with Gasteiger partial charge in [-0.3, -0.25) is 0 Å². The molecule has 3 nitrogen and oxygen atoms in total. The molecule has 0 aliphatic carbocycles. The maximum atomic E-state index is 4.81. The Morgan fingerprint density at radius 2 is 2.25 bits per heavy atom. The summed E-state index contributed by atoms with van der Waals surface area (Å²) in [5.41, 5.74) is 2.47. The number of aryl methyl sites for hydroxylation is 1. The predicted molar refractivity (Wildman–Crippen MR) is 89.7 cm³/mol. The lowest BCUT2D eigenvalue weighted by atomic mass is 10.1. The van der Waals surface area contributed by atoms with Gasteiger partial charge in [0.05, 0.1) is 0 Å². The van der Waals surface area contributed by atoms with Crippen molar-refractivity contribution in [3.05, 3.63) is 23.4 Å². The number of nitrogens with zero attached hydrogens (tertiary/aromatic N) is 2. The van der Waals surface area contributed by atoms with E-state index in [0.29, 0.717) is 11.2 Å². The van der Waals surface area contributed by atoms with E-state index in [1.54, 1.807) is 0 Å². The fourth-order valence-corrected chi connectivity index (χ4v) is 3.48. The molecule has 0 aromatic carbocycles. The highest BCUT2D eigenvalue weighted by Crippen LogP contribution is 2.23. The topological polar surface area (TPSA) is 28.2 Å². The quantitative estimate of drug-likeness (QED) is 0.903. The van der Waals surface area contributed by atoms with Gasteiger partial charge in [0, 0.05) is 36.3 Å². The standard InChI is InChI=1S/C16H27N3S/c1-12(2)9-17-10-15-5-6-16(18-14(15)4)19-7-8-20-13(3)11-19/h5-6,12-13,17H,7-11H2,1-4H3. The molecule has 1 N–H and O–H groups in total. The largest absolute Gasteiger partial charge is 0.355 e. The van der Waals surface area contributed by atoms with Gasteiger partial charge in [-0.05, 0) is 31.0 Å². The summed E-state index contributed by atoms with van der Waals surface area (Å²) < 4.78 is 0. The Morgan fingerprint density at radius 1 is 1.45 bits per heavy atom. The molecule has 20 heavy (non-hydrogen) atoms. The van der Waals surface area contributed by atoms with Crippen molar-refractivity contribution in [3.63, 3.8) is 0 Å². The number of nitrogens with one attached hydrogen (secondary N) is 1. The zero-order valence-electron chi connectivity index (χ0n) is 13.1. The third kappa shape index (κ3) is 4.38. The van der Waals surface area contributed by atoms with Crippen molar-refractivity contribution >= 4 is 17.6 Å². The molecule has 1 aliphatic heterocycles. The highest BCUT2D eigenvalue weighted by molar-refractivity contribution is 8.00. The summed E-state index contributed by atoms with van der Waals surface area (Å²) in [7, 11) is 0. The molecule has 0 bridgehead atoms. The van der Waals surface area contributed by atoms with Crippen LogP contribution in [-0.2, 0) is 6.54 Å². The Balaban J connectivity index is 1.98. The molecule has 1 fully saturated rings. The fraction of sp³-hybridized carbons (Fsp3) is 0.688. The normalized spacial score (nSPS) is 19.6. The second-order valence-electron chi connectivity index (χ2n) is 6.07. The lowest BCUT2D eigenvalue weighted by Crippen LogP contribution is -2.37. The van der Waals surface area contributed by atoms with Crippen LogP contribution < -0.4 is 10.2 Å². The van der Waals surface area contributed by atoms with Crippen molar-refractivity contribution in [2.24, 2.45) is 5.92 Å². The molecular formula is C16H27N3S. The van der Waals surface area contributed by atoms with Crippen molar-refractivity contribution in [3.8, 4) is 0 Å². The molecule has 0 radical (unpaired) electrons. The first-order valence-corrected chi connectivity index (χ1v) is 8.65. The van der Waals surface area contributed by atoms with Crippen LogP contribution >= 0.6 is 11.8 Å². The van der Waals surface area contributed by atoms with Gasteiger partial charge in [-0.25, -0.2) is 4.98 Å². The minimum absolute atomic E-state index is 0.690. The van der Waals surface area contributed by atoms with E-state index < -0.39 is 0 Å². The molecule has 1 unspecified atom stereocenters. The Labute approximate surface area is 127 Å². The van der Waals surface area contributed by atoms with Crippen LogP contribution in [0.1, 0.15) is 32.0 Å². The first kappa shape index (κ1) is 15.6. The van der Waals surface area contributed by atoms with E-state index in [0.717, 1.165) is 37.7 Å². The number of thioether (sulfide) groups is 1. The molecule has 1 aromatic heterocycles. The highest BCUT2D eigenvalue weighted by atomic mass is 32.2. The molecule has 1 saturated heterocycles. The van der Waals surface area contributed by atoms with Crippen LogP contribution in [0.5, 0.6) is 0 Å². The molecule has 2 rings (SSSR count). The molecule has 4 heteroatoms. The summed E-state index contributed by atoms with van der Waals surface area (Å²) in [6.45, 7) is 13.1. The monoisotopic (exact) mass is 293 g/mol. The average Bonchev–Trinajstić information content (AvgIpc) is 2.40. The van der Waals surface area contributed by atoms with E-state index in [-0.39, 0.29) is 0 Å². The predicted octanol–water partition coefficient (Wildman–Crippen LogP) is 3.08. The lowest BCUT2D eigenvalue weighted by molar-refractivity contribution is 0.551. The lowest BCUT2D eigenvalue weighted by Gasteiger charge is -2.31. The van der Waals surface area contributed by atoms with Gasteiger partial charge < -0.3 is 10.2 Å². The molecule has 1 aromatic rings. The van der Waals surface area contributed by atoms with Crippen molar-refractivity contribution < 1.29 is 0 Å². The van der Waals surface area contributed by atoms with Crippen LogP contribution in [0.15, 0.2) is 12.1 Å². The summed E-state index contributed by atoms with van der Waals surface area (Å²) in [5, 5.41) is 4.20. The number of hydrogen-bond acceptors (Lipinski definition) is 4. The van der Waals surface area contributed by atoms with Gasteiger partial charge in [0.15, 0.2) is 0 Å². The zero-order chi connectivity index (χ0) is 14.5. The first-order valence-electron chi connectivity index (χ1n) is 7.60. The van der Waals surface area contributed by atoms with E-state index >= 15 is 0 Å². The summed E-state index contributed by atoms with van der Waals surface area (Å²) in [5.74, 6) is 3.04. The van der Waals surface area contributed by atoms with Gasteiger partial charge in [0.1, 0.15) is 5.82 Å². The maximum Gasteiger partial charge on any atom is 0.128 e.